The maximum atomic E-state index is 9.65. The number of aliphatic imine (C=N–C) groups is 1. The first-order chi connectivity index (χ1) is 13.9. The Morgan fingerprint density at radius 2 is 1.67 bits per heavy atom. The van der Waals surface area contributed by atoms with Gasteiger partial charge in [-0.15, -0.1) is 24.0 Å². The van der Waals surface area contributed by atoms with E-state index < -0.39 is 0 Å². The lowest BCUT2D eigenvalue weighted by Gasteiger charge is -2.35. The van der Waals surface area contributed by atoms with Crippen molar-refractivity contribution in [3.05, 3.63) is 35.4 Å². The second-order valence-electron chi connectivity index (χ2n) is 9.60. The number of likely N-dealkylation sites (tertiary alicyclic amines) is 1. The standard InChI is InChI=1S/C24H40N4O.HI/c1-4-25-23(27-21-9-13-24(2,3)14-10-21)26-17-19-5-7-20(8-6-19)18-28-15-11-22(29)12-16-28;/h5-8,21-22,29H,4,9-18H2,1-3H3,(H2,25,26,27);1H. The minimum Gasteiger partial charge on any atom is -0.393 e. The molecular weight excluding hydrogens is 487 g/mol. The van der Waals surface area contributed by atoms with Crippen molar-refractivity contribution in [2.75, 3.05) is 19.6 Å². The minimum absolute atomic E-state index is 0. The SMILES string of the molecule is CCNC(=NCc1ccc(CN2CCC(O)CC2)cc1)NC1CCC(C)(C)CC1.I. The Hall–Kier alpha value is -0.860. The Bertz CT molecular complexity index is 644. The summed E-state index contributed by atoms with van der Waals surface area (Å²) in [6.45, 7) is 11.4. The van der Waals surface area contributed by atoms with Gasteiger partial charge in [-0.3, -0.25) is 4.90 Å². The molecule has 30 heavy (non-hydrogen) atoms. The number of aliphatic hydroxyl groups excluding tert-OH is 1. The van der Waals surface area contributed by atoms with Gasteiger partial charge in [-0.25, -0.2) is 4.99 Å². The van der Waals surface area contributed by atoms with Gasteiger partial charge < -0.3 is 15.7 Å². The predicted octanol–water partition coefficient (Wildman–Crippen LogP) is 4.29. The monoisotopic (exact) mass is 528 g/mol. The van der Waals surface area contributed by atoms with Crippen LogP contribution in [0.1, 0.15) is 70.4 Å². The normalized spacial score (nSPS) is 21.1. The van der Waals surface area contributed by atoms with Crippen molar-refractivity contribution in [2.24, 2.45) is 10.4 Å². The highest BCUT2D eigenvalue weighted by atomic mass is 127. The predicted molar refractivity (Wildman–Crippen MR) is 136 cm³/mol. The zero-order chi connectivity index (χ0) is 20.7. The molecule has 1 saturated carbocycles. The summed E-state index contributed by atoms with van der Waals surface area (Å²) in [5, 5.41) is 16.7. The zero-order valence-electron chi connectivity index (χ0n) is 19.0. The van der Waals surface area contributed by atoms with Gasteiger partial charge in [-0.2, -0.15) is 0 Å². The van der Waals surface area contributed by atoms with Crippen molar-refractivity contribution in [1.82, 2.24) is 15.5 Å². The molecule has 0 bridgehead atoms. The number of aliphatic hydroxyl groups is 1. The van der Waals surface area contributed by atoms with Crippen molar-refractivity contribution in [1.29, 1.82) is 0 Å². The number of hydrogen-bond acceptors (Lipinski definition) is 3. The van der Waals surface area contributed by atoms with Crippen LogP contribution in [0.5, 0.6) is 0 Å². The molecule has 1 aromatic carbocycles. The van der Waals surface area contributed by atoms with Crippen LogP contribution in [0.3, 0.4) is 0 Å². The molecule has 0 radical (unpaired) electrons. The van der Waals surface area contributed by atoms with E-state index in [4.69, 9.17) is 4.99 Å². The molecule has 2 fully saturated rings. The molecule has 0 amide bonds. The van der Waals surface area contributed by atoms with Crippen molar-refractivity contribution in [2.45, 2.75) is 84.5 Å². The third kappa shape index (κ3) is 8.35. The van der Waals surface area contributed by atoms with Gasteiger partial charge in [0.25, 0.3) is 0 Å². The number of nitrogens with zero attached hydrogens (tertiary/aromatic N) is 2. The van der Waals surface area contributed by atoms with E-state index in [0.717, 1.165) is 45.0 Å². The molecule has 3 rings (SSSR count). The Morgan fingerprint density at radius 1 is 1.07 bits per heavy atom. The number of benzene rings is 1. The molecule has 0 spiro atoms. The molecule has 0 atom stereocenters. The van der Waals surface area contributed by atoms with Gasteiger partial charge in [-0.1, -0.05) is 38.1 Å². The van der Waals surface area contributed by atoms with Crippen LogP contribution in [0.4, 0.5) is 0 Å². The highest BCUT2D eigenvalue weighted by Gasteiger charge is 2.27. The third-order valence-corrected chi connectivity index (χ3v) is 6.43. The van der Waals surface area contributed by atoms with Crippen molar-refractivity contribution < 1.29 is 5.11 Å². The second kappa shape index (κ2) is 12.2. The molecule has 5 nitrogen and oxygen atoms in total. The lowest BCUT2D eigenvalue weighted by molar-refractivity contribution is 0.0792. The van der Waals surface area contributed by atoms with Gasteiger partial charge >= 0.3 is 0 Å². The number of halogens is 1. The summed E-state index contributed by atoms with van der Waals surface area (Å²) in [6.07, 6.45) is 6.69. The van der Waals surface area contributed by atoms with E-state index in [1.807, 2.05) is 0 Å². The van der Waals surface area contributed by atoms with Gasteiger partial charge in [0, 0.05) is 32.2 Å². The number of hydrogen-bond donors (Lipinski definition) is 3. The average molecular weight is 529 g/mol. The number of nitrogens with one attached hydrogen (secondary N) is 2. The van der Waals surface area contributed by atoms with E-state index >= 15 is 0 Å². The van der Waals surface area contributed by atoms with Crippen LogP contribution in [0, 0.1) is 5.41 Å². The summed E-state index contributed by atoms with van der Waals surface area (Å²) in [7, 11) is 0. The van der Waals surface area contributed by atoms with Crippen LogP contribution < -0.4 is 10.6 Å². The molecule has 1 aliphatic carbocycles. The van der Waals surface area contributed by atoms with E-state index in [1.54, 1.807) is 0 Å². The largest absolute Gasteiger partial charge is 0.393 e. The number of guanidine groups is 1. The Balaban J connectivity index is 0.00000320. The van der Waals surface area contributed by atoms with E-state index in [2.05, 4.69) is 60.6 Å². The fourth-order valence-corrected chi connectivity index (χ4v) is 4.31. The summed E-state index contributed by atoms with van der Waals surface area (Å²) in [6, 6.07) is 9.37. The van der Waals surface area contributed by atoms with Crippen LogP contribution in [0.2, 0.25) is 0 Å². The van der Waals surface area contributed by atoms with Gasteiger partial charge in [0.05, 0.1) is 12.6 Å². The number of piperidine rings is 1. The molecule has 6 heteroatoms. The lowest BCUT2D eigenvalue weighted by Crippen LogP contribution is -2.45. The lowest BCUT2D eigenvalue weighted by atomic mass is 9.75. The van der Waals surface area contributed by atoms with Crippen molar-refractivity contribution in [3.8, 4) is 0 Å². The summed E-state index contributed by atoms with van der Waals surface area (Å²) in [5.41, 5.74) is 3.07. The van der Waals surface area contributed by atoms with Crippen LogP contribution >= 0.6 is 24.0 Å². The van der Waals surface area contributed by atoms with E-state index in [0.29, 0.717) is 18.0 Å². The maximum absolute atomic E-state index is 9.65. The molecule has 1 saturated heterocycles. The van der Waals surface area contributed by atoms with E-state index in [9.17, 15) is 5.11 Å². The van der Waals surface area contributed by atoms with Crippen molar-refractivity contribution >= 4 is 29.9 Å². The van der Waals surface area contributed by atoms with Gasteiger partial charge in [-0.05, 0) is 62.0 Å². The highest BCUT2D eigenvalue weighted by molar-refractivity contribution is 14.0. The molecule has 0 unspecified atom stereocenters. The molecule has 1 heterocycles. The quantitative estimate of drug-likeness (QED) is 0.293. The zero-order valence-corrected chi connectivity index (χ0v) is 21.3. The molecule has 2 aliphatic rings. The van der Waals surface area contributed by atoms with Crippen LogP contribution in [-0.4, -0.2) is 47.7 Å². The molecular formula is C24H41IN4O. The summed E-state index contributed by atoms with van der Waals surface area (Å²) >= 11 is 0. The summed E-state index contributed by atoms with van der Waals surface area (Å²) in [5.74, 6) is 0.938. The number of rotatable bonds is 6. The van der Waals surface area contributed by atoms with Crippen molar-refractivity contribution in [3.63, 3.8) is 0 Å². The molecule has 3 N–H and O–H groups in total. The van der Waals surface area contributed by atoms with E-state index in [-0.39, 0.29) is 30.1 Å². The van der Waals surface area contributed by atoms with E-state index in [1.165, 1.54) is 36.8 Å². The summed E-state index contributed by atoms with van der Waals surface area (Å²) < 4.78 is 0. The molecule has 1 aliphatic heterocycles. The first-order valence-corrected chi connectivity index (χ1v) is 11.5. The molecule has 170 valence electrons. The average Bonchev–Trinajstić information content (AvgIpc) is 2.71. The highest BCUT2D eigenvalue weighted by Crippen LogP contribution is 2.34. The Kier molecular flexibility index (Phi) is 10.4. The van der Waals surface area contributed by atoms with Gasteiger partial charge in [0.2, 0.25) is 0 Å². The smallest absolute Gasteiger partial charge is 0.191 e. The molecule has 1 aromatic rings. The molecule has 0 aromatic heterocycles. The van der Waals surface area contributed by atoms with Gasteiger partial charge in [0.1, 0.15) is 0 Å². The summed E-state index contributed by atoms with van der Waals surface area (Å²) in [4.78, 5) is 7.25. The first-order valence-electron chi connectivity index (χ1n) is 11.5. The Labute approximate surface area is 200 Å². The van der Waals surface area contributed by atoms with Crippen LogP contribution in [0.15, 0.2) is 29.3 Å². The minimum atomic E-state index is -0.105. The van der Waals surface area contributed by atoms with Gasteiger partial charge in [0.15, 0.2) is 5.96 Å². The third-order valence-electron chi connectivity index (χ3n) is 6.43. The van der Waals surface area contributed by atoms with Crippen LogP contribution in [0.25, 0.3) is 0 Å². The maximum Gasteiger partial charge on any atom is 0.191 e. The topological polar surface area (TPSA) is 59.9 Å². The Morgan fingerprint density at radius 3 is 2.27 bits per heavy atom. The van der Waals surface area contributed by atoms with Crippen LogP contribution in [-0.2, 0) is 13.1 Å². The second-order valence-corrected chi connectivity index (χ2v) is 9.60. The fourth-order valence-electron chi connectivity index (χ4n) is 4.31. The fraction of sp³-hybridized carbons (Fsp3) is 0.708. The first kappa shape index (κ1) is 25.4.